The number of halogens is 3. The highest BCUT2D eigenvalue weighted by Crippen LogP contribution is 2.32. The number of nitro benzene ring substituents is 1. The number of benzene rings is 1. The Morgan fingerprint density at radius 2 is 1.84 bits per heavy atom. The van der Waals surface area contributed by atoms with E-state index < -0.39 is 56.5 Å². The van der Waals surface area contributed by atoms with E-state index in [1.54, 1.807) is 0 Å². The summed E-state index contributed by atoms with van der Waals surface area (Å²) in [6.07, 6.45) is 2.49. The van der Waals surface area contributed by atoms with Crippen LogP contribution in [0.25, 0.3) is 0 Å². The first-order valence-corrected chi connectivity index (χ1v) is 7.11. The van der Waals surface area contributed by atoms with Gasteiger partial charge in [0.05, 0.1) is 12.0 Å². The Balaban J connectivity index is 2.65. The van der Waals surface area contributed by atoms with Crippen molar-refractivity contribution in [3.05, 3.63) is 50.5 Å². The van der Waals surface area contributed by atoms with Gasteiger partial charge < -0.3 is 10.1 Å². The molecule has 0 aliphatic heterocycles. The largest absolute Gasteiger partial charge is 0.465 e. The van der Waals surface area contributed by atoms with Gasteiger partial charge in [-0.25, -0.2) is 13.6 Å². The standard InChI is InChI=1S/C15H13F3N2O5/c1-6-10(16)9(13(20(23)24)12(18)11(6)17)14(21)8(15(22)25-2)5-19-7-3-4-7/h5,7,19H,3-4H2,1-2H3/b8-5+. The molecule has 0 unspecified atom stereocenters. The fraction of sp³-hybridized carbons (Fsp3) is 0.333. The van der Waals surface area contributed by atoms with Crippen LogP contribution in [-0.4, -0.2) is 29.8 Å². The molecule has 1 aliphatic rings. The van der Waals surface area contributed by atoms with Gasteiger partial charge in [0.1, 0.15) is 17.0 Å². The number of methoxy groups -OCH3 is 1. The van der Waals surface area contributed by atoms with E-state index in [9.17, 15) is 32.9 Å². The molecule has 0 bridgehead atoms. The molecule has 0 aromatic heterocycles. The predicted molar refractivity (Wildman–Crippen MR) is 78.3 cm³/mol. The third kappa shape index (κ3) is 3.47. The Kier molecular flexibility index (Phi) is 5.10. The Bertz CT molecular complexity index is 803. The summed E-state index contributed by atoms with van der Waals surface area (Å²) in [6, 6.07) is -0.000945. The van der Waals surface area contributed by atoms with E-state index in [1.807, 2.05) is 0 Å². The molecule has 1 aliphatic carbocycles. The van der Waals surface area contributed by atoms with Crippen LogP contribution in [0.15, 0.2) is 11.8 Å². The van der Waals surface area contributed by atoms with Crippen molar-refractivity contribution < 1.29 is 32.4 Å². The highest BCUT2D eigenvalue weighted by atomic mass is 19.2. The van der Waals surface area contributed by atoms with Crippen LogP contribution in [0.4, 0.5) is 18.9 Å². The maximum atomic E-state index is 14.3. The number of carbonyl (C=O) groups excluding carboxylic acids is 2. The van der Waals surface area contributed by atoms with Gasteiger partial charge in [-0.3, -0.25) is 14.9 Å². The van der Waals surface area contributed by atoms with Crippen molar-refractivity contribution in [1.29, 1.82) is 0 Å². The lowest BCUT2D eigenvalue weighted by molar-refractivity contribution is -0.388. The first kappa shape index (κ1) is 18.4. The first-order valence-electron chi connectivity index (χ1n) is 7.11. The molecule has 0 spiro atoms. The molecule has 1 N–H and O–H groups in total. The predicted octanol–water partition coefficient (Wildman–Crippen LogP) is 2.31. The van der Waals surface area contributed by atoms with Gasteiger partial charge >= 0.3 is 11.7 Å². The van der Waals surface area contributed by atoms with Gasteiger partial charge in [0.15, 0.2) is 5.82 Å². The SMILES string of the molecule is COC(=O)/C(=C/NC1CC1)C(=O)c1c(F)c(C)c(F)c(F)c1[N+](=O)[O-]. The number of carbonyl (C=O) groups is 2. The summed E-state index contributed by atoms with van der Waals surface area (Å²) in [5, 5.41) is 13.7. The van der Waals surface area contributed by atoms with Crippen molar-refractivity contribution in [3.63, 3.8) is 0 Å². The lowest BCUT2D eigenvalue weighted by Crippen LogP contribution is -2.22. The molecule has 25 heavy (non-hydrogen) atoms. The maximum absolute atomic E-state index is 14.3. The number of nitrogens with one attached hydrogen (secondary N) is 1. The molecule has 10 heteroatoms. The smallest absolute Gasteiger partial charge is 0.343 e. The fourth-order valence-corrected chi connectivity index (χ4v) is 2.06. The van der Waals surface area contributed by atoms with Crippen LogP contribution in [0.1, 0.15) is 28.8 Å². The van der Waals surface area contributed by atoms with Gasteiger partial charge in [-0.15, -0.1) is 0 Å². The lowest BCUT2D eigenvalue weighted by Gasteiger charge is -2.10. The second-order valence-electron chi connectivity index (χ2n) is 5.37. The Morgan fingerprint density at radius 1 is 1.24 bits per heavy atom. The normalized spacial score (nSPS) is 14.2. The van der Waals surface area contributed by atoms with Crippen molar-refractivity contribution >= 4 is 17.4 Å². The first-order chi connectivity index (χ1) is 11.7. The maximum Gasteiger partial charge on any atom is 0.343 e. The average molecular weight is 358 g/mol. The minimum Gasteiger partial charge on any atom is -0.465 e. The van der Waals surface area contributed by atoms with Gasteiger partial charge in [-0.05, 0) is 19.8 Å². The Labute approximate surface area is 139 Å². The van der Waals surface area contributed by atoms with Crippen molar-refractivity contribution in [2.75, 3.05) is 7.11 Å². The van der Waals surface area contributed by atoms with Gasteiger partial charge in [0, 0.05) is 17.8 Å². The Hall–Kier alpha value is -2.91. The highest BCUT2D eigenvalue weighted by molar-refractivity contribution is 6.25. The summed E-state index contributed by atoms with van der Waals surface area (Å²) in [5.74, 6) is -8.05. The molecule has 0 radical (unpaired) electrons. The molecule has 1 saturated carbocycles. The van der Waals surface area contributed by atoms with E-state index >= 15 is 0 Å². The van der Waals surface area contributed by atoms with Gasteiger partial charge in [-0.2, -0.15) is 4.39 Å². The monoisotopic (exact) mass is 358 g/mol. The molecule has 0 saturated heterocycles. The number of rotatable bonds is 6. The number of esters is 1. The second-order valence-corrected chi connectivity index (χ2v) is 5.37. The van der Waals surface area contributed by atoms with E-state index in [-0.39, 0.29) is 6.04 Å². The van der Waals surface area contributed by atoms with Crippen LogP contribution in [-0.2, 0) is 9.53 Å². The van der Waals surface area contributed by atoms with E-state index in [2.05, 4.69) is 10.1 Å². The quantitative estimate of drug-likeness (QED) is 0.122. The summed E-state index contributed by atoms with van der Waals surface area (Å²) < 4.78 is 46.2. The summed E-state index contributed by atoms with van der Waals surface area (Å²) in [6.45, 7) is 0.818. The van der Waals surface area contributed by atoms with Crippen LogP contribution < -0.4 is 5.32 Å². The van der Waals surface area contributed by atoms with Crippen LogP contribution in [0.2, 0.25) is 0 Å². The molecular formula is C15H13F3N2O5. The van der Waals surface area contributed by atoms with Crippen LogP contribution >= 0.6 is 0 Å². The second kappa shape index (κ2) is 6.91. The van der Waals surface area contributed by atoms with Gasteiger partial charge in [-0.1, -0.05) is 0 Å². The van der Waals surface area contributed by atoms with E-state index in [0.29, 0.717) is 0 Å². The lowest BCUT2D eigenvalue weighted by atomic mass is 9.98. The number of nitrogens with zero attached hydrogens (tertiary/aromatic N) is 1. The molecule has 134 valence electrons. The van der Waals surface area contributed by atoms with Crippen molar-refractivity contribution in [2.24, 2.45) is 0 Å². The molecule has 1 fully saturated rings. The van der Waals surface area contributed by atoms with Gasteiger partial charge in [0.25, 0.3) is 0 Å². The summed E-state index contributed by atoms with van der Waals surface area (Å²) in [5.41, 5.74) is -4.69. The number of nitro groups is 1. The summed E-state index contributed by atoms with van der Waals surface area (Å²) in [4.78, 5) is 33.9. The van der Waals surface area contributed by atoms with E-state index in [0.717, 1.165) is 33.1 Å². The minimum absolute atomic E-state index is 0.000945. The van der Waals surface area contributed by atoms with Crippen molar-refractivity contribution in [3.8, 4) is 0 Å². The highest BCUT2D eigenvalue weighted by Gasteiger charge is 2.37. The zero-order valence-corrected chi connectivity index (χ0v) is 13.2. The minimum atomic E-state index is -1.98. The third-order valence-electron chi connectivity index (χ3n) is 3.62. The molecule has 0 amide bonds. The van der Waals surface area contributed by atoms with Crippen LogP contribution in [0, 0.1) is 34.5 Å². The number of ketones is 1. The van der Waals surface area contributed by atoms with Gasteiger partial charge in [0.2, 0.25) is 11.6 Å². The summed E-state index contributed by atoms with van der Waals surface area (Å²) in [7, 11) is 0.946. The Morgan fingerprint density at radius 3 is 2.32 bits per heavy atom. The zero-order chi connectivity index (χ0) is 18.9. The molecule has 2 rings (SSSR count). The molecule has 1 aromatic carbocycles. The average Bonchev–Trinajstić information content (AvgIpc) is 3.39. The van der Waals surface area contributed by atoms with Crippen LogP contribution in [0.3, 0.4) is 0 Å². The number of ether oxygens (including phenoxy) is 1. The topological polar surface area (TPSA) is 98.5 Å². The van der Waals surface area contributed by atoms with Crippen molar-refractivity contribution in [2.45, 2.75) is 25.8 Å². The van der Waals surface area contributed by atoms with Crippen LogP contribution in [0.5, 0.6) is 0 Å². The number of hydrogen-bond donors (Lipinski definition) is 1. The van der Waals surface area contributed by atoms with E-state index in [1.165, 1.54) is 0 Å². The molecular weight excluding hydrogens is 345 g/mol. The third-order valence-corrected chi connectivity index (χ3v) is 3.62. The van der Waals surface area contributed by atoms with E-state index in [4.69, 9.17) is 0 Å². The fourth-order valence-electron chi connectivity index (χ4n) is 2.06. The zero-order valence-electron chi connectivity index (χ0n) is 13.2. The summed E-state index contributed by atoms with van der Waals surface area (Å²) >= 11 is 0. The van der Waals surface area contributed by atoms with Crippen molar-refractivity contribution in [1.82, 2.24) is 5.32 Å². The molecule has 0 heterocycles. The molecule has 7 nitrogen and oxygen atoms in total. The molecule has 1 aromatic rings. The number of hydrogen-bond acceptors (Lipinski definition) is 6. The molecule has 0 atom stereocenters. The number of Topliss-reactive ketones (excluding diaryl/α,β-unsaturated/α-hetero) is 1.